The Morgan fingerprint density at radius 2 is 1.84 bits per heavy atom. The molecule has 1 aromatic heterocycles. The monoisotopic (exact) mass is 442 g/mol. The highest BCUT2D eigenvalue weighted by atomic mass is 32.2. The largest absolute Gasteiger partial charge is 0.283 e. The number of allylic oxidation sites excluding steroid dienone is 1. The molecule has 5 rings (SSSR count). The van der Waals surface area contributed by atoms with Gasteiger partial charge in [-0.25, -0.2) is 4.98 Å². The van der Waals surface area contributed by atoms with E-state index in [9.17, 15) is 4.79 Å². The molecular weight excluding hydrogens is 412 g/mol. The molecule has 2 aliphatic carbocycles. The third kappa shape index (κ3) is 3.75. The van der Waals surface area contributed by atoms with Gasteiger partial charge in [-0.2, -0.15) is 0 Å². The molecule has 32 heavy (non-hydrogen) atoms. The van der Waals surface area contributed by atoms with Gasteiger partial charge < -0.3 is 0 Å². The Morgan fingerprint density at radius 3 is 2.59 bits per heavy atom. The lowest BCUT2D eigenvalue weighted by Gasteiger charge is -2.42. The first-order chi connectivity index (χ1) is 15.6. The van der Waals surface area contributed by atoms with Crippen molar-refractivity contribution in [2.75, 3.05) is 0 Å². The maximum Gasteiger partial charge on any atom is 0.258 e. The summed E-state index contributed by atoms with van der Waals surface area (Å²) in [6.45, 7) is 6.51. The standard InChI is InChI=1S/C28H30N2OS/c1-3-17-30-26(31)24-25(29-27(30)32-19-21-13-11-20(2)12-14-21)23-10-6-5-9-22(23)18-28(24)15-7-4-8-16-28/h3,5-6,9-14H,1,4,7-8,15-19H2,2H3. The summed E-state index contributed by atoms with van der Waals surface area (Å²) in [7, 11) is 0. The maximum atomic E-state index is 14.0. The molecule has 0 N–H and O–H groups in total. The number of benzene rings is 2. The zero-order chi connectivity index (χ0) is 22.1. The van der Waals surface area contributed by atoms with E-state index >= 15 is 0 Å². The lowest BCUT2D eigenvalue weighted by Crippen LogP contribution is -2.43. The van der Waals surface area contributed by atoms with E-state index in [1.54, 1.807) is 11.8 Å². The molecule has 1 spiro atoms. The summed E-state index contributed by atoms with van der Waals surface area (Å²) in [5, 5.41) is 0.789. The fraction of sp³-hybridized carbons (Fsp3) is 0.357. The quantitative estimate of drug-likeness (QED) is 0.258. The van der Waals surface area contributed by atoms with Crippen LogP contribution in [-0.2, 0) is 24.1 Å². The van der Waals surface area contributed by atoms with Crippen LogP contribution >= 0.6 is 11.8 Å². The number of thioether (sulfide) groups is 1. The van der Waals surface area contributed by atoms with Crippen LogP contribution in [0.5, 0.6) is 0 Å². The number of nitrogens with zero attached hydrogens (tertiary/aromatic N) is 2. The van der Waals surface area contributed by atoms with Crippen LogP contribution in [-0.4, -0.2) is 9.55 Å². The second-order valence-electron chi connectivity index (χ2n) is 9.27. The second kappa shape index (κ2) is 8.74. The molecule has 0 atom stereocenters. The van der Waals surface area contributed by atoms with Gasteiger partial charge in [0.1, 0.15) is 0 Å². The number of hydrogen-bond donors (Lipinski definition) is 0. The molecule has 4 heteroatoms. The Balaban J connectivity index is 1.65. The van der Waals surface area contributed by atoms with Gasteiger partial charge in [-0.1, -0.05) is 91.2 Å². The summed E-state index contributed by atoms with van der Waals surface area (Å²) in [6, 6.07) is 17.1. The molecule has 1 heterocycles. The first-order valence-corrected chi connectivity index (χ1v) is 12.6. The topological polar surface area (TPSA) is 34.9 Å². The zero-order valence-corrected chi connectivity index (χ0v) is 19.6. The molecule has 3 nitrogen and oxygen atoms in total. The number of rotatable bonds is 5. The molecule has 0 bridgehead atoms. The van der Waals surface area contributed by atoms with Crippen LogP contribution in [0.25, 0.3) is 11.3 Å². The normalized spacial score (nSPS) is 16.4. The van der Waals surface area contributed by atoms with Gasteiger partial charge in [0, 0.05) is 23.3 Å². The fourth-order valence-corrected chi connectivity index (χ4v) is 6.41. The molecule has 2 aromatic carbocycles. The Morgan fingerprint density at radius 1 is 1.09 bits per heavy atom. The zero-order valence-electron chi connectivity index (χ0n) is 18.8. The minimum atomic E-state index is -0.0743. The molecule has 1 fully saturated rings. The molecule has 0 radical (unpaired) electrons. The molecule has 0 aliphatic heterocycles. The summed E-state index contributed by atoms with van der Waals surface area (Å²) >= 11 is 1.65. The van der Waals surface area contributed by atoms with Crippen LogP contribution < -0.4 is 5.56 Å². The van der Waals surface area contributed by atoms with Crippen LogP contribution in [0.2, 0.25) is 0 Å². The van der Waals surface area contributed by atoms with Gasteiger partial charge in [-0.05, 0) is 37.3 Å². The van der Waals surface area contributed by atoms with Gasteiger partial charge in [0.15, 0.2) is 5.16 Å². The van der Waals surface area contributed by atoms with Crippen molar-refractivity contribution >= 4 is 11.8 Å². The van der Waals surface area contributed by atoms with Crippen molar-refractivity contribution in [3.05, 3.63) is 93.8 Å². The molecule has 2 aliphatic rings. The Bertz CT molecular complexity index is 1200. The number of hydrogen-bond acceptors (Lipinski definition) is 3. The highest BCUT2D eigenvalue weighted by molar-refractivity contribution is 7.98. The third-order valence-electron chi connectivity index (χ3n) is 7.08. The Kier molecular flexibility index (Phi) is 5.81. The molecule has 3 aromatic rings. The van der Waals surface area contributed by atoms with Gasteiger partial charge in [-0.3, -0.25) is 9.36 Å². The molecule has 0 unspecified atom stereocenters. The average Bonchev–Trinajstić information content (AvgIpc) is 2.81. The first-order valence-electron chi connectivity index (χ1n) is 11.6. The molecule has 0 saturated heterocycles. The molecule has 0 amide bonds. The van der Waals surface area contributed by atoms with Crippen molar-refractivity contribution in [2.45, 2.75) is 68.3 Å². The Labute approximate surface area is 194 Å². The predicted octanol–water partition coefficient (Wildman–Crippen LogP) is 6.46. The number of aryl methyl sites for hydroxylation is 1. The number of fused-ring (bicyclic) bond motifs is 4. The van der Waals surface area contributed by atoms with Crippen LogP contribution in [0.4, 0.5) is 0 Å². The second-order valence-corrected chi connectivity index (χ2v) is 10.2. The van der Waals surface area contributed by atoms with Crippen LogP contribution in [0.1, 0.15) is 54.4 Å². The Hall–Kier alpha value is -2.59. The van der Waals surface area contributed by atoms with E-state index < -0.39 is 0 Å². The van der Waals surface area contributed by atoms with Crippen molar-refractivity contribution in [2.24, 2.45) is 0 Å². The molecule has 1 saturated carbocycles. The van der Waals surface area contributed by atoms with Crippen molar-refractivity contribution in [3.63, 3.8) is 0 Å². The van der Waals surface area contributed by atoms with E-state index in [0.29, 0.717) is 6.54 Å². The van der Waals surface area contributed by atoms with Crippen LogP contribution in [0.3, 0.4) is 0 Å². The number of aromatic nitrogens is 2. The predicted molar refractivity (Wildman–Crippen MR) is 133 cm³/mol. The lowest BCUT2D eigenvalue weighted by molar-refractivity contribution is 0.282. The van der Waals surface area contributed by atoms with Crippen molar-refractivity contribution in [1.82, 2.24) is 9.55 Å². The third-order valence-corrected chi connectivity index (χ3v) is 8.12. The fourth-order valence-electron chi connectivity index (χ4n) is 5.45. The van der Waals surface area contributed by atoms with E-state index in [1.807, 2.05) is 10.6 Å². The van der Waals surface area contributed by atoms with E-state index in [4.69, 9.17) is 4.98 Å². The van der Waals surface area contributed by atoms with Gasteiger partial charge in [0.2, 0.25) is 0 Å². The van der Waals surface area contributed by atoms with E-state index in [2.05, 4.69) is 62.0 Å². The van der Waals surface area contributed by atoms with E-state index in [0.717, 1.165) is 47.0 Å². The SMILES string of the molecule is C=CCn1c(SCc2ccc(C)cc2)nc2c(c1=O)C1(CCCCC1)Cc1ccccc1-2. The van der Waals surface area contributed by atoms with E-state index in [1.165, 1.54) is 36.0 Å². The van der Waals surface area contributed by atoms with Crippen molar-refractivity contribution < 1.29 is 0 Å². The summed E-state index contributed by atoms with van der Waals surface area (Å²) < 4.78 is 1.86. The van der Waals surface area contributed by atoms with Gasteiger partial charge in [0.05, 0.1) is 11.3 Å². The van der Waals surface area contributed by atoms with Crippen molar-refractivity contribution in [1.29, 1.82) is 0 Å². The molecule has 164 valence electrons. The highest BCUT2D eigenvalue weighted by Gasteiger charge is 2.43. The van der Waals surface area contributed by atoms with Gasteiger partial charge in [0.25, 0.3) is 5.56 Å². The maximum absolute atomic E-state index is 14.0. The summed E-state index contributed by atoms with van der Waals surface area (Å²) in [5.41, 5.74) is 6.91. The van der Waals surface area contributed by atoms with Gasteiger partial charge in [-0.15, -0.1) is 6.58 Å². The minimum absolute atomic E-state index is 0.0743. The molecular formula is C28H30N2OS. The summed E-state index contributed by atoms with van der Waals surface area (Å²) in [4.78, 5) is 19.2. The average molecular weight is 443 g/mol. The summed E-state index contributed by atoms with van der Waals surface area (Å²) in [5.74, 6) is 0.787. The lowest BCUT2D eigenvalue weighted by atomic mass is 9.62. The van der Waals surface area contributed by atoms with Crippen LogP contribution in [0, 0.1) is 6.92 Å². The minimum Gasteiger partial charge on any atom is -0.283 e. The van der Waals surface area contributed by atoms with Crippen LogP contribution in [0.15, 0.2) is 71.1 Å². The smallest absolute Gasteiger partial charge is 0.258 e. The van der Waals surface area contributed by atoms with E-state index in [-0.39, 0.29) is 11.0 Å². The first kappa shape index (κ1) is 21.3. The summed E-state index contributed by atoms with van der Waals surface area (Å²) in [6.07, 6.45) is 8.56. The highest BCUT2D eigenvalue weighted by Crippen LogP contribution is 2.48. The van der Waals surface area contributed by atoms with Gasteiger partial charge >= 0.3 is 0 Å². The van der Waals surface area contributed by atoms with Crippen molar-refractivity contribution in [3.8, 4) is 11.3 Å².